The average Bonchev–Trinajstić information content (AvgIpc) is 3.50. The minimum absolute atomic E-state index is 0.0626. The van der Waals surface area contributed by atoms with Crippen molar-refractivity contribution in [2.24, 2.45) is 0 Å². The maximum Gasteiger partial charge on any atom is 0.266 e. The molecule has 8 heteroatoms. The highest BCUT2D eigenvalue weighted by atomic mass is 32.1. The van der Waals surface area contributed by atoms with E-state index in [0.29, 0.717) is 24.0 Å². The van der Waals surface area contributed by atoms with Crippen molar-refractivity contribution in [2.75, 3.05) is 24.7 Å². The van der Waals surface area contributed by atoms with Crippen LogP contribution in [0.2, 0.25) is 0 Å². The number of ether oxygens (including phenoxy) is 2. The Morgan fingerprint density at radius 1 is 1.06 bits per heavy atom. The second-order valence-corrected chi connectivity index (χ2v) is 8.74. The summed E-state index contributed by atoms with van der Waals surface area (Å²) in [6.45, 7) is 7.92. The smallest absolute Gasteiger partial charge is 0.266 e. The van der Waals surface area contributed by atoms with Crippen molar-refractivity contribution in [3.8, 4) is 11.5 Å². The molecule has 0 atom stereocenters. The van der Waals surface area contributed by atoms with Gasteiger partial charge in [0.2, 0.25) is 0 Å². The third-order valence-electron chi connectivity index (χ3n) is 5.32. The number of hydrogen-bond donors (Lipinski definition) is 0. The number of aromatic nitrogens is 3. The molecule has 7 nitrogen and oxygen atoms in total. The Balaban J connectivity index is 1.50. The molecular formula is C25H28N4O3S. The number of hydrogen-bond acceptors (Lipinski definition) is 6. The van der Waals surface area contributed by atoms with Crippen LogP contribution in [0.4, 0.5) is 5.13 Å². The molecule has 1 amide bonds. The van der Waals surface area contributed by atoms with Gasteiger partial charge in [0.1, 0.15) is 11.5 Å². The lowest BCUT2D eigenvalue weighted by Gasteiger charge is -2.20. The largest absolute Gasteiger partial charge is 0.494 e. The van der Waals surface area contributed by atoms with Crippen molar-refractivity contribution >= 4 is 32.6 Å². The quantitative estimate of drug-likeness (QED) is 0.330. The minimum Gasteiger partial charge on any atom is -0.494 e. The summed E-state index contributed by atoms with van der Waals surface area (Å²) in [5.41, 5.74) is 3.22. The Morgan fingerprint density at radius 2 is 1.79 bits per heavy atom. The number of nitrogens with zero attached hydrogens (tertiary/aromatic N) is 4. The maximum absolute atomic E-state index is 13.2. The number of imidazole rings is 1. The number of benzene rings is 2. The van der Waals surface area contributed by atoms with Gasteiger partial charge in [-0.2, -0.15) is 0 Å². The number of carbonyl (C=O) groups excluding carboxylic acids is 1. The number of fused-ring (bicyclic) bond motifs is 1. The fourth-order valence-electron chi connectivity index (χ4n) is 3.54. The fourth-order valence-corrected chi connectivity index (χ4v) is 4.70. The molecular weight excluding hydrogens is 436 g/mol. The van der Waals surface area contributed by atoms with Gasteiger partial charge in [0.05, 0.1) is 23.2 Å². The van der Waals surface area contributed by atoms with E-state index >= 15 is 0 Å². The highest BCUT2D eigenvalue weighted by molar-refractivity contribution is 7.22. The number of thiazole rings is 1. The molecule has 0 saturated heterocycles. The summed E-state index contributed by atoms with van der Waals surface area (Å²) in [6.07, 6.45) is 6.24. The van der Waals surface area contributed by atoms with E-state index in [1.54, 1.807) is 28.8 Å². The van der Waals surface area contributed by atoms with Crippen LogP contribution in [0.1, 0.15) is 24.5 Å². The van der Waals surface area contributed by atoms with Gasteiger partial charge in [0.15, 0.2) is 11.7 Å². The van der Waals surface area contributed by atoms with E-state index in [9.17, 15) is 4.79 Å². The van der Waals surface area contributed by atoms with Crippen LogP contribution < -0.4 is 14.4 Å². The zero-order valence-corrected chi connectivity index (χ0v) is 20.0. The summed E-state index contributed by atoms with van der Waals surface area (Å²) < 4.78 is 14.4. The summed E-state index contributed by atoms with van der Waals surface area (Å²) in [5, 5.41) is 0.702. The normalized spacial score (nSPS) is 11.0. The van der Waals surface area contributed by atoms with Gasteiger partial charge in [-0.05, 0) is 62.6 Å². The van der Waals surface area contributed by atoms with Crippen molar-refractivity contribution in [2.45, 2.75) is 33.7 Å². The molecule has 0 bridgehead atoms. The number of rotatable bonds is 10. The molecule has 2 aromatic carbocycles. The van der Waals surface area contributed by atoms with Gasteiger partial charge in [-0.1, -0.05) is 23.5 Å². The van der Waals surface area contributed by atoms with Crippen molar-refractivity contribution in [1.82, 2.24) is 14.5 Å². The van der Waals surface area contributed by atoms with Crippen LogP contribution in [0.3, 0.4) is 0 Å². The lowest BCUT2D eigenvalue weighted by Crippen LogP contribution is -2.36. The lowest BCUT2D eigenvalue weighted by molar-refractivity contribution is -0.120. The third-order valence-corrected chi connectivity index (χ3v) is 6.53. The fraction of sp³-hybridized carbons (Fsp3) is 0.320. The first-order valence-electron chi connectivity index (χ1n) is 11.0. The molecule has 0 unspecified atom stereocenters. The van der Waals surface area contributed by atoms with Gasteiger partial charge in [-0.15, -0.1) is 0 Å². The van der Waals surface area contributed by atoms with E-state index in [4.69, 9.17) is 14.5 Å². The van der Waals surface area contributed by atoms with Crippen molar-refractivity contribution in [3.63, 3.8) is 0 Å². The molecule has 4 rings (SSSR count). The van der Waals surface area contributed by atoms with E-state index < -0.39 is 0 Å². The molecule has 0 radical (unpaired) electrons. The van der Waals surface area contributed by atoms with Gasteiger partial charge < -0.3 is 14.0 Å². The zero-order chi connectivity index (χ0) is 23.2. The molecule has 0 aliphatic heterocycles. The highest BCUT2D eigenvalue weighted by Crippen LogP contribution is 2.33. The summed E-state index contributed by atoms with van der Waals surface area (Å²) in [6, 6.07) is 11.5. The van der Waals surface area contributed by atoms with E-state index in [1.807, 2.05) is 48.9 Å². The molecule has 172 valence electrons. The molecule has 0 fully saturated rings. The SMILES string of the molecule is CCOc1ccc(OCC(=O)N(CCCn2ccnc2)c2nc3c(C)ccc(C)c3s2)cc1. The number of aryl methyl sites for hydroxylation is 3. The van der Waals surface area contributed by atoms with Crippen molar-refractivity contribution < 1.29 is 14.3 Å². The van der Waals surface area contributed by atoms with E-state index in [1.165, 1.54) is 0 Å². The molecule has 2 heterocycles. The van der Waals surface area contributed by atoms with Gasteiger partial charge in [-0.25, -0.2) is 9.97 Å². The van der Waals surface area contributed by atoms with Crippen LogP contribution >= 0.6 is 11.3 Å². The second-order valence-electron chi connectivity index (χ2n) is 7.77. The first kappa shape index (κ1) is 22.8. The first-order valence-corrected chi connectivity index (χ1v) is 11.9. The Bertz CT molecular complexity index is 1160. The predicted molar refractivity (Wildman–Crippen MR) is 131 cm³/mol. The molecule has 0 aliphatic carbocycles. The molecule has 2 aromatic heterocycles. The number of amides is 1. The van der Waals surface area contributed by atoms with Crippen LogP contribution in [-0.2, 0) is 11.3 Å². The Kier molecular flexibility index (Phi) is 7.24. The van der Waals surface area contributed by atoms with Crippen LogP contribution in [0.15, 0.2) is 55.1 Å². The zero-order valence-electron chi connectivity index (χ0n) is 19.2. The molecule has 33 heavy (non-hydrogen) atoms. The van der Waals surface area contributed by atoms with Crippen LogP contribution in [0.5, 0.6) is 11.5 Å². The highest BCUT2D eigenvalue weighted by Gasteiger charge is 2.21. The average molecular weight is 465 g/mol. The topological polar surface area (TPSA) is 69.5 Å². The third kappa shape index (κ3) is 5.51. The second kappa shape index (κ2) is 10.5. The Morgan fingerprint density at radius 3 is 2.45 bits per heavy atom. The van der Waals surface area contributed by atoms with Gasteiger partial charge in [-0.3, -0.25) is 9.69 Å². The van der Waals surface area contributed by atoms with Crippen molar-refractivity contribution in [3.05, 3.63) is 66.2 Å². The lowest BCUT2D eigenvalue weighted by atomic mass is 10.1. The molecule has 4 aromatic rings. The van der Waals surface area contributed by atoms with Gasteiger partial charge in [0.25, 0.3) is 5.91 Å². The minimum atomic E-state index is -0.121. The van der Waals surface area contributed by atoms with E-state index in [2.05, 4.69) is 24.0 Å². The van der Waals surface area contributed by atoms with Crippen LogP contribution in [-0.4, -0.2) is 40.2 Å². The van der Waals surface area contributed by atoms with E-state index in [-0.39, 0.29) is 12.5 Å². The summed E-state index contributed by atoms with van der Waals surface area (Å²) in [5.74, 6) is 1.28. The molecule has 0 N–H and O–H groups in total. The first-order chi connectivity index (χ1) is 16.0. The number of anilines is 1. The number of carbonyl (C=O) groups is 1. The standard InChI is InChI=1S/C25H28N4O3S/c1-4-31-20-8-10-21(11-9-20)32-16-22(30)29(14-5-13-28-15-12-26-17-28)25-27-23-18(2)6-7-19(3)24(23)33-25/h6-12,15,17H,4-5,13-14,16H2,1-3H3. The summed E-state index contributed by atoms with van der Waals surface area (Å²) in [4.78, 5) is 23.9. The van der Waals surface area contributed by atoms with E-state index in [0.717, 1.165) is 40.1 Å². The van der Waals surface area contributed by atoms with Gasteiger partial charge in [0, 0.05) is 25.5 Å². The summed E-state index contributed by atoms with van der Waals surface area (Å²) >= 11 is 1.55. The monoisotopic (exact) mass is 464 g/mol. The predicted octanol–water partition coefficient (Wildman–Crippen LogP) is 5.01. The Hall–Kier alpha value is -3.39. The van der Waals surface area contributed by atoms with Crippen molar-refractivity contribution in [1.29, 1.82) is 0 Å². The van der Waals surface area contributed by atoms with Crippen LogP contribution in [0, 0.1) is 13.8 Å². The van der Waals surface area contributed by atoms with Crippen LogP contribution in [0.25, 0.3) is 10.2 Å². The summed E-state index contributed by atoms with van der Waals surface area (Å²) in [7, 11) is 0. The molecule has 0 spiro atoms. The molecule has 0 saturated carbocycles. The van der Waals surface area contributed by atoms with Gasteiger partial charge >= 0.3 is 0 Å². The maximum atomic E-state index is 13.2. The Labute approximate surface area is 197 Å². The molecule has 0 aliphatic rings.